The molecule has 4 heteroatoms. The first-order chi connectivity index (χ1) is 12.7. The molecule has 136 valence electrons. The molecule has 2 saturated carbocycles. The number of halogens is 1. The first-order valence-electron chi connectivity index (χ1n) is 10.1. The Kier molecular flexibility index (Phi) is 3.95. The van der Waals surface area contributed by atoms with Gasteiger partial charge in [-0.25, -0.2) is 4.39 Å². The summed E-state index contributed by atoms with van der Waals surface area (Å²) in [6.07, 6.45) is 9.47. The molecule has 1 amide bonds. The number of pyridine rings is 1. The van der Waals surface area contributed by atoms with Crippen molar-refractivity contribution in [1.29, 1.82) is 0 Å². The number of carbonyl (C=O) groups excluding carboxylic acids is 1. The molecule has 5 rings (SSSR count). The van der Waals surface area contributed by atoms with Crippen LogP contribution in [0.1, 0.15) is 73.3 Å². The van der Waals surface area contributed by atoms with Gasteiger partial charge in [-0.3, -0.25) is 9.78 Å². The van der Waals surface area contributed by atoms with Gasteiger partial charge in [-0.1, -0.05) is 12.8 Å². The van der Waals surface area contributed by atoms with E-state index in [1.54, 1.807) is 6.07 Å². The number of likely N-dealkylation sites (tertiary alicyclic amines) is 1. The smallest absolute Gasteiger partial charge is 0.254 e. The second kappa shape index (κ2) is 6.33. The molecule has 1 aromatic carbocycles. The lowest BCUT2D eigenvalue weighted by Gasteiger charge is -2.44. The number of carbonyl (C=O) groups is 1. The van der Waals surface area contributed by atoms with E-state index in [2.05, 4.69) is 4.90 Å². The summed E-state index contributed by atoms with van der Waals surface area (Å²) in [5, 5.41) is 0.664. The fraction of sp³-hybridized carbons (Fsp3) is 0.545. The number of aromatic nitrogens is 1. The molecule has 0 radical (unpaired) electrons. The second-order valence-corrected chi connectivity index (χ2v) is 8.28. The molecule has 1 aromatic heterocycles. The molecule has 2 aromatic rings. The summed E-state index contributed by atoms with van der Waals surface area (Å²) in [7, 11) is 0. The predicted octanol–water partition coefficient (Wildman–Crippen LogP) is 5.05. The fourth-order valence-electron chi connectivity index (χ4n) is 5.02. The fourth-order valence-corrected chi connectivity index (χ4v) is 5.02. The van der Waals surface area contributed by atoms with Gasteiger partial charge in [0.25, 0.3) is 5.91 Å². The van der Waals surface area contributed by atoms with Crippen molar-refractivity contribution in [1.82, 2.24) is 9.88 Å². The van der Waals surface area contributed by atoms with Crippen molar-refractivity contribution in [2.45, 2.75) is 63.3 Å². The third-order valence-corrected chi connectivity index (χ3v) is 6.52. The highest BCUT2D eigenvalue weighted by Gasteiger charge is 2.37. The topological polar surface area (TPSA) is 33.2 Å². The van der Waals surface area contributed by atoms with E-state index < -0.39 is 0 Å². The number of benzene rings is 1. The van der Waals surface area contributed by atoms with Crippen molar-refractivity contribution >= 4 is 16.8 Å². The van der Waals surface area contributed by atoms with Crippen molar-refractivity contribution in [3.8, 4) is 0 Å². The maximum absolute atomic E-state index is 13.9. The molecule has 3 fully saturated rings. The molecular weight excluding hydrogens is 327 g/mol. The van der Waals surface area contributed by atoms with E-state index >= 15 is 0 Å². The maximum atomic E-state index is 13.9. The van der Waals surface area contributed by atoms with Crippen LogP contribution in [0.5, 0.6) is 0 Å². The lowest BCUT2D eigenvalue weighted by Crippen LogP contribution is -2.49. The summed E-state index contributed by atoms with van der Waals surface area (Å²) in [4.78, 5) is 20.4. The lowest BCUT2D eigenvalue weighted by molar-refractivity contribution is 0.0392. The SMILES string of the molecule is O=C(c1cc(C2CC2)nc2ccc(F)cc12)N1CCC[C@H]2CCCC[C@@H]21. The van der Waals surface area contributed by atoms with Crippen molar-refractivity contribution < 1.29 is 9.18 Å². The van der Waals surface area contributed by atoms with Crippen LogP contribution in [0.25, 0.3) is 10.9 Å². The number of hydrogen-bond donors (Lipinski definition) is 0. The Balaban J connectivity index is 1.58. The highest BCUT2D eigenvalue weighted by molar-refractivity contribution is 6.06. The Morgan fingerprint density at radius 2 is 1.85 bits per heavy atom. The number of piperidine rings is 1. The highest BCUT2D eigenvalue weighted by atomic mass is 19.1. The molecule has 0 N–H and O–H groups in total. The summed E-state index contributed by atoms with van der Waals surface area (Å²) in [6, 6.07) is 6.96. The molecule has 3 aliphatic rings. The van der Waals surface area contributed by atoms with Gasteiger partial charge in [0.15, 0.2) is 0 Å². The number of nitrogens with zero attached hydrogens (tertiary/aromatic N) is 2. The number of hydrogen-bond acceptors (Lipinski definition) is 2. The Morgan fingerprint density at radius 3 is 2.69 bits per heavy atom. The predicted molar refractivity (Wildman–Crippen MR) is 99.7 cm³/mol. The molecule has 0 unspecified atom stereocenters. The summed E-state index contributed by atoms with van der Waals surface area (Å²) in [5.41, 5.74) is 2.41. The van der Waals surface area contributed by atoms with Gasteiger partial charge in [-0.2, -0.15) is 0 Å². The first-order valence-corrected chi connectivity index (χ1v) is 10.1. The first kappa shape index (κ1) is 16.2. The molecule has 1 saturated heterocycles. The Bertz CT molecular complexity index is 859. The molecule has 2 heterocycles. The standard InChI is InChI=1S/C22H25FN2O/c23-16-9-10-19-17(12-16)18(13-20(24-19)14-7-8-14)22(26)25-11-3-5-15-4-1-2-6-21(15)25/h9-10,12-15,21H,1-8,11H2/t15-,21+/m1/s1. The maximum Gasteiger partial charge on any atom is 0.254 e. The summed E-state index contributed by atoms with van der Waals surface area (Å²) >= 11 is 0. The van der Waals surface area contributed by atoms with Gasteiger partial charge in [-0.05, 0) is 68.7 Å². The van der Waals surface area contributed by atoms with Gasteiger partial charge in [0.05, 0.1) is 11.1 Å². The summed E-state index contributed by atoms with van der Waals surface area (Å²) in [5.74, 6) is 0.900. The lowest BCUT2D eigenvalue weighted by atomic mass is 9.78. The van der Waals surface area contributed by atoms with E-state index in [-0.39, 0.29) is 11.7 Å². The van der Waals surface area contributed by atoms with Crippen LogP contribution in [0.15, 0.2) is 24.3 Å². The molecule has 2 atom stereocenters. The van der Waals surface area contributed by atoms with Crippen molar-refractivity contribution in [3.63, 3.8) is 0 Å². The van der Waals surface area contributed by atoms with Crippen LogP contribution in [-0.2, 0) is 0 Å². The van der Waals surface area contributed by atoms with Gasteiger partial charge < -0.3 is 4.90 Å². The highest BCUT2D eigenvalue weighted by Crippen LogP contribution is 2.41. The minimum Gasteiger partial charge on any atom is -0.335 e. The van der Waals surface area contributed by atoms with Gasteiger partial charge in [0.1, 0.15) is 5.82 Å². The third kappa shape index (κ3) is 2.80. The van der Waals surface area contributed by atoms with E-state index in [4.69, 9.17) is 4.98 Å². The zero-order valence-electron chi connectivity index (χ0n) is 15.1. The molecule has 26 heavy (non-hydrogen) atoms. The van der Waals surface area contributed by atoms with Crippen molar-refractivity contribution in [3.05, 3.63) is 41.3 Å². The van der Waals surface area contributed by atoms with Crippen LogP contribution in [0, 0.1) is 11.7 Å². The van der Waals surface area contributed by atoms with E-state index in [9.17, 15) is 9.18 Å². The summed E-state index contributed by atoms with van der Waals surface area (Å²) < 4.78 is 13.9. The van der Waals surface area contributed by atoms with Crippen LogP contribution in [0.3, 0.4) is 0 Å². The van der Waals surface area contributed by atoms with Crippen LogP contribution >= 0.6 is 0 Å². The van der Waals surface area contributed by atoms with Crippen LogP contribution < -0.4 is 0 Å². The largest absolute Gasteiger partial charge is 0.335 e. The zero-order chi connectivity index (χ0) is 17.7. The van der Waals surface area contributed by atoms with E-state index in [0.717, 1.165) is 43.4 Å². The number of fused-ring (bicyclic) bond motifs is 2. The molecule has 0 spiro atoms. The van der Waals surface area contributed by atoms with Gasteiger partial charge in [-0.15, -0.1) is 0 Å². The van der Waals surface area contributed by atoms with Gasteiger partial charge in [0.2, 0.25) is 0 Å². The Morgan fingerprint density at radius 1 is 1.04 bits per heavy atom. The number of amides is 1. The molecule has 0 bridgehead atoms. The second-order valence-electron chi connectivity index (χ2n) is 8.28. The quantitative estimate of drug-likeness (QED) is 0.758. The van der Waals surface area contributed by atoms with E-state index in [1.807, 2.05) is 6.07 Å². The Labute approximate surface area is 153 Å². The normalized spacial score (nSPS) is 26.0. The van der Waals surface area contributed by atoms with Crippen LogP contribution in [0.2, 0.25) is 0 Å². The monoisotopic (exact) mass is 352 g/mol. The van der Waals surface area contributed by atoms with Crippen LogP contribution in [-0.4, -0.2) is 28.4 Å². The average molecular weight is 352 g/mol. The van der Waals surface area contributed by atoms with Crippen molar-refractivity contribution in [2.24, 2.45) is 5.92 Å². The average Bonchev–Trinajstić information content (AvgIpc) is 3.51. The Hall–Kier alpha value is -1.97. The van der Waals surface area contributed by atoms with E-state index in [1.165, 1.54) is 37.8 Å². The minimum absolute atomic E-state index is 0.0847. The molecule has 3 nitrogen and oxygen atoms in total. The minimum atomic E-state index is -0.304. The van der Waals surface area contributed by atoms with Crippen LogP contribution in [0.4, 0.5) is 4.39 Å². The van der Waals surface area contributed by atoms with Gasteiger partial charge >= 0.3 is 0 Å². The summed E-state index contributed by atoms with van der Waals surface area (Å²) in [6.45, 7) is 0.831. The number of rotatable bonds is 2. The van der Waals surface area contributed by atoms with E-state index in [0.29, 0.717) is 28.8 Å². The molecular formula is C22H25FN2O. The van der Waals surface area contributed by atoms with Crippen molar-refractivity contribution in [2.75, 3.05) is 6.54 Å². The molecule has 1 aliphatic heterocycles. The zero-order valence-corrected chi connectivity index (χ0v) is 15.1. The van der Waals surface area contributed by atoms with Gasteiger partial charge in [0, 0.05) is 29.6 Å². The molecule has 2 aliphatic carbocycles. The third-order valence-electron chi connectivity index (χ3n) is 6.52.